The van der Waals surface area contributed by atoms with Crippen LogP contribution in [0, 0.1) is 0 Å². The van der Waals surface area contributed by atoms with Gasteiger partial charge in [-0.05, 0) is 53.6 Å². The fraction of sp³-hybridized carbons (Fsp3) is 0.154. The number of carbonyl (C=O) groups excluding carboxylic acids is 1. The monoisotopic (exact) mass is 481 g/mol. The van der Waals surface area contributed by atoms with Gasteiger partial charge in [-0.2, -0.15) is 13.2 Å². The Morgan fingerprint density at radius 1 is 1.00 bits per heavy atom. The molecule has 3 aromatic carbocycles. The van der Waals surface area contributed by atoms with Gasteiger partial charge in [0.15, 0.2) is 0 Å². The minimum absolute atomic E-state index is 0.0589. The Kier molecular flexibility index (Phi) is 7.05. The minimum atomic E-state index is -4.49. The van der Waals surface area contributed by atoms with Crippen LogP contribution >= 0.6 is 0 Å². The van der Waals surface area contributed by atoms with Crippen LogP contribution in [-0.4, -0.2) is 35.7 Å². The molecule has 0 aliphatic heterocycles. The highest BCUT2D eigenvalue weighted by molar-refractivity contribution is 5.93. The van der Waals surface area contributed by atoms with E-state index in [0.717, 1.165) is 6.07 Å². The molecule has 0 fully saturated rings. The maximum Gasteiger partial charge on any atom is 0.417 e. The first-order valence-electron chi connectivity index (χ1n) is 10.7. The Morgan fingerprint density at radius 2 is 1.74 bits per heavy atom. The standard InChI is InChI=1S/C26H22F3N3O3/c1-34-20-9-11-21(12-10-20)35-14-13-31-25(33)24-16-30-17-32(24)19-6-4-5-18(15-19)22-7-2-3-8-23(22)26(27,28)29/h2-12,15-17H,13-14H2,1H3,(H,31,33). The van der Waals surface area contributed by atoms with Crippen molar-refractivity contribution in [2.24, 2.45) is 0 Å². The van der Waals surface area contributed by atoms with E-state index in [1.54, 1.807) is 61.7 Å². The molecule has 4 rings (SSSR count). The molecule has 0 spiro atoms. The molecule has 0 saturated carbocycles. The van der Waals surface area contributed by atoms with Gasteiger partial charge >= 0.3 is 6.18 Å². The number of halogens is 3. The number of ether oxygens (including phenoxy) is 2. The Bertz CT molecular complexity index is 1300. The Morgan fingerprint density at radius 3 is 2.49 bits per heavy atom. The largest absolute Gasteiger partial charge is 0.497 e. The van der Waals surface area contributed by atoms with E-state index in [9.17, 15) is 18.0 Å². The van der Waals surface area contributed by atoms with Crippen molar-refractivity contribution in [1.29, 1.82) is 0 Å². The van der Waals surface area contributed by atoms with Crippen molar-refractivity contribution in [1.82, 2.24) is 14.9 Å². The smallest absolute Gasteiger partial charge is 0.417 e. The number of benzene rings is 3. The van der Waals surface area contributed by atoms with Crippen LogP contribution in [0.4, 0.5) is 13.2 Å². The average molecular weight is 481 g/mol. The number of alkyl halides is 3. The number of imidazole rings is 1. The summed E-state index contributed by atoms with van der Waals surface area (Å²) in [6.45, 7) is 0.491. The van der Waals surface area contributed by atoms with Crippen molar-refractivity contribution in [3.8, 4) is 28.3 Å². The summed E-state index contributed by atoms with van der Waals surface area (Å²) in [6.07, 6.45) is -1.64. The Labute approximate surface area is 200 Å². The molecule has 0 bridgehead atoms. The molecule has 0 saturated heterocycles. The minimum Gasteiger partial charge on any atom is -0.497 e. The summed E-state index contributed by atoms with van der Waals surface area (Å²) in [6, 6.07) is 19.0. The van der Waals surface area contributed by atoms with E-state index in [1.807, 2.05) is 0 Å². The maximum absolute atomic E-state index is 13.5. The van der Waals surface area contributed by atoms with Crippen LogP contribution in [0.15, 0.2) is 85.3 Å². The number of nitrogens with zero attached hydrogens (tertiary/aromatic N) is 2. The number of amides is 1. The van der Waals surface area contributed by atoms with Gasteiger partial charge < -0.3 is 14.8 Å². The van der Waals surface area contributed by atoms with E-state index in [0.29, 0.717) is 22.7 Å². The third kappa shape index (κ3) is 5.63. The number of hydrogen-bond acceptors (Lipinski definition) is 4. The quantitative estimate of drug-likeness (QED) is 0.344. The van der Waals surface area contributed by atoms with Crippen molar-refractivity contribution in [2.75, 3.05) is 20.3 Å². The number of carbonyl (C=O) groups is 1. The number of rotatable bonds is 8. The molecule has 0 unspecified atom stereocenters. The third-order valence-electron chi connectivity index (χ3n) is 5.25. The van der Waals surface area contributed by atoms with E-state index in [4.69, 9.17) is 9.47 Å². The zero-order chi connectivity index (χ0) is 24.8. The lowest BCUT2D eigenvalue weighted by Gasteiger charge is -2.14. The molecule has 0 aliphatic carbocycles. The lowest BCUT2D eigenvalue weighted by Crippen LogP contribution is -2.29. The molecule has 1 amide bonds. The molecular weight excluding hydrogens is 459 g/mol. The van der Waals surface area contributed by atoms with Crippen LogP contribution in [0.3, 0.4) is 0 Å². The zero-order valence-corrected chi connectivity index (χ0v) is 18.8. The predicted octanol–water partition coefficient (Wildman–Crippen LogP) is 5.38. The molecule has 180 valence electrons. The maximum atomic E-state index is 13.5. The first-order chi connectivity index (χ1) is 16.9. The molecule has 0 atom stereocenters. The molecule has 0 aliphatic rings. The molecule has 9 heteroatoms. The summed E-state index contributed by atoms with van der Waals surface area (Å²) >= 11 is 0. The molecule has 35 heavy (non-hydrogen) atoms. The van der Waals surface area contributed by atoms with Gasteiger partial charge in [0.25, 0.3) is 5.91 Å². The Hall–Kier alpha value is -4.27. The summed E-state index contributed by atoms with van der Waals surface area (Å²) < 4.78 is 52.7. The van der Waals surface area contributed by atoms with Crippen molar-refractivity contribution in [3.63, 3.8) is 0 Å². The van der Waals surface area contributed by atoms with Gasteiger partial charge in [0.2, 0.25) is 0 Å². The van der Waals surface area contributed by atoms with Crippen LogP contribution in [-0.2, 0) is 6.18 Å². The highest BCUT2D eigenvalue weighted by Crippen LogP contribution is 2.37. The van der Waals surface area contributed by atoms with E-state index in [1.165, 1.54) is 29.2 Å². The predicted molar refractivity (Wildman–Crippen MR) is 125 cm³/mol. The lowest BCUT2D eigenvalue weighted by atomic mass is 9.99. The van der Waals surface area contributed by atoms with Crippen LogP contribution < -0.4 is 14.8 Å². The topological polar surface area (TPSA) is 65.4 Å². The van der Waals surface area contributed by atoms with Gasteiger partial charge in [0, 0.05) is 5.69 Å². The number of aromatic nitrogens is 2. The first kappa shape index (κ1) is 23.9. The summed E-state index contributed by atoms with van der Waals surface area (Å²) in [5.41, 5.74) is 0.469. The third-order valence-corrected chi connectivity index (χ3v) is 5.25. The van der Waals surface area contributed by atoms with E-state index in [2.05, 4.69) is 10.3 Å². The number of nitrogens with one attached hydrogen (secondary N) is 1. The van der Waals surface area contributed by atoms with Gasteiger partial charge in [-0.15, -0.1) is 0 Å². The average Bonchev–Trinajstić information content (AvgIpc) is 3.37. The highest BCUT2D eigenvalue weighted by atomic mass is 19.4. The van der Waals surface area contributed by atoms with Gasteiger partial charge in [-0.1, -0.05) is 30.3 Å². The summed E-state index contributed by atoms with van der Waals surface area (Å²) in [7, 11) is 1.58. The zero-order valence-electron chi connectivity index (χ0n) is 18.8. The van der Waals surface area contributed by atoms with Crippen LogP contribution in [0.25, 0.3) is 16.8 Å². The fourth-order valence-electron chi connectivity index (χ4n) is 3.57. The van der Waals surface area contributed by atoms with Crippen molar-refractivity contribution in [2.45, 2.75) is 6.18 Å². The van der Waals surface area contributed by atoms with Crippen LogP contribution in [0.2, 0.25) is 0 Å². The molecule has 1 heterocycles. The number of methoxy groups -OCH3 is 1. The second-order valence-electron chi connectivity index (χ2n) is 7.52. The summed E-state index contributed by atoms with van der Waals surface area (Å²) in [5, 5.41) is 2.77. The number of hydrogen-bond donors (Lipinski definition) is 1. The fourth-order valence-corrected chi connectivity index (χ4v) is 3.57. The van der Waals surface area contributed by atoms with E-state index >= 15 is 0 Å². The van der Waals surface area contributed by atoms with Gasteiger partial charge in [0.05, 0.1) is 31.7 Å². The SMILES string of the molecule is COc1ccc(OCCNC(=O)c2cncn2-c2cccc(-c3ccccc3C(F)(F)F)c2)cc1. The molecule has 6 nitrogen and oxygen atoms in total. The first-order valence-corrected chi connectivity index (χ1v) is 10.7. The van der Waals surface area contributed by atoms with E-state index in [-0.39, 0.29) is 30.3 Å². The van der Waals surface area contributed by atoms with Gasteiger partial charge in [-0.3, -0.25) is 9.36 Å². The highest BCUT2D eigenvalue weighted by Gasteiger charge is 2.33. The Balaban J connectivity index is 1.46. The lowest BCUT2D eigenvalue weighted by molar-refractivity contribution is -0.137. The van der Waals surface area contributed by atoms with Crippen LogP contribution in [0.1, 0.15) is 16.1 Å². The summed E-state index contributed by atoms with van der Waals surface area (Å²) in [4.78, 5) is 16.8. The molecule has 0 radical (unpaired) electrons. The normalized spacial score (nSPS) is 11.2. The van der Waals surface area contributed by atoms with Gasteiger partial charge in [-0.25, -0.2) is 4.98 Å². The molecular formula is C26H22F3N3O3. The second kappa shape index (κ2) is 10.3. The van der Waals surface area contributed by atoms with Gasteiger partial charge in [0.1, 0.15) is 23.8 Å². The molecule has 4 aromatic rings. The molecule has 1 aromatic heterocycles. The van der Waals surface area contributed by atoms with Crippen molar-refractivity contribution >= 4 is 5.91 Å². The van der Waals surface area contributed by atoms with Crippen molar-refractivity contribution < 1.29 is 27.4 Å². The summed E-state index contributed by atoms with van der Waals surface area (Å²) in [5.74, 6) is 0.966. The van der Waals surface area contributed by atoms with Crippen molar-refractivity contribution in [3.05, 3.63) is 96.6 Å². The van der Waals surface area contributed by atoms with E-state index < -0.39 is 11.7 Å². The second-order valence-corrected chi connectivity index (χ2v) is 7.52. The molecule has 1 N–H and O–H groups in total. The van der Waals surface area contributed by atoms with Crippen LogP contribution in [0.5, 0.6) is 11.5 Å².